The fraction of sp³-hybridized carbons (Fsp3) is 0.600. The van der Waals surface area contributed by atoms with Gasteiger partial charge in [0.05, 0.1) is 4.90 Å². The van der Waals surface area contributed by atoms with Gasteiger partial charge in [-0.25, -0.2) is 13.1 Å². The number of sulfonamides is 1. The summed E-state index contributed by atoms with van der Waals surface area (Å²) in [7, 11) is -3.44. The van der Waals surface area contributed by atoms with E-state index in [9.17, 15) is 8.42 Å². The van der Waals surface area contributed by atoms with Crippen LogP contribution in [0.1, 0.15) is 33.3 Å². The zero-order chi connectivity index (χ0) is 14.8. The van der Waals surface area contributed by atoms with E-state index in [1.165, 1.54) is 0 Å². The molecule has 0 bridgehead atoms. The van der Waals surface area contributed by atoms with Crippen molar-refractivity contribution < 1.29 is 8.42 Å². The maximum absolute atomic E-state index is 12.5. The van der Waals surface area contributed by atoms with Crippen molar-refractivity contribution in [1.82, 2.24) is 4.72 Å². The molecule has 1 aromatic rings. The maximum atomic E-state index is 12.5. The Labute approximate surface area is 121 Å². The zero-order valence-electron chi connectivity index (χ0n) is 12.4. The molecule has 110 valence electrons. The van der Waals surface area contributed by atoms with E-state index in [2.05, 4.69) is 37.7 Å². The molecular weight excluding hydrogens is 272 g/mol. The lowest BCUT2D eigenvalue weighted by molar-refractivity contribution is 0.457. The molecule has 0 radical (unpaired) electrons. The van der Waals surface area contributed by atoms with Crippen LogP contribution in [0.2, 0.25) is 0 Å². The standard InChI is InChI=1S/C15H22N2O2S/c1-14(2)13(15(14,3)4)17-20(18,19)11-5-6-12-10(9-11)7-8-16-12/h5-6,9,13,16-17H,7-8H2,1-4H3. The first-order chi connectivity index (χ1) is 9.16. The van der Waals surface area contributed by atoms with Crippen LogP contribution < -0.4 is 10.0 Å². The molecule has 1 aliphatic carbocycles. The van der Waals surface area contributed by atoms with Gasteiger partial charge in [0.25, 0.3) is 0 Å². The summed E-state index contributed by atoms with van der Waals surface area (Å²) in [5, 5.41) is 3.24. The highest BCUT2D eigenvalue weighted by atomic mass is 32.2. The van der Waals surface area contributed by atoms with E-state index < -0.39 is 10.0 Å². The van der Waals surface area contributed by atoms with Gasteiger partial charge in [-0.2, -0.15) is 0 Å². The van der Waals surface area contributed by atoms with Gasteiger partial charge in [-0.15, -0.1) is 0 Å². The third kappa shape index (κ3) is 1.87. The molecular formula is C15H22N2O2S. The molecule has 0 saturated heterocycles. The lowest BCUT2D eigenvalue weighted by atomic mass is 10.0. The third-order valence-electron chi connectivity index (χ3n) is 5.39. The predicted octanol–water partition coefficient (Wildman–Crippen LogP) is 2.37. The molecule has 1 fully saturated rings. The van der Waals surface area contributed by atoms with Crippen molar-refractivity contribution in [2.24, 2.45) is 10.8 Å². The number of hydrogen-bond acceptors (Lipinski definition) is 3. The Balaban J connectivity index is 1.87. The topological polar surface area (TPSA) is 58.2 Å². The highest BCUT2D eigenvalue weighted by Crippen LogP contribution is 2.62. The Morgan fingerprint density at radius 3 is 2.45 bits per heavy atom. The van der Waals surface area contributed by atoms with Crippen LogP contribution in [0.5, 0.6) is 0 Å². The summed E-state index contributed by atoms with van der Waals surface area (Å²) in [5.41, 5.74) is 2.13. The minimum Gasteiger partial charge on any atom is -0.384 e. The molecule has 1 heterocycles. The van der Waals surface area contributed by atoms with Gasteiger partial charge in [0, 0.05) is 18.3 Å². The first-order valence-corrected chi connectivity index (χ1v) is 8.54. The molecule has 20 heavy (non-hydrogen) atoms. The number of nitrogens with one attached hydrogen (secondary N) is 2. The lowest BCUT2D eigenvalue weighted by Gasteiger charge is -2.09. The van der Waals surface area contributed by atoms with E-state index in [0.717, 1.165) is 24.2 Å². The highest BCUT2D eigenvalue weighted by Gasteiger charge is 2.66. The fourth-order valence-corrected chi connectivity index (χ4v) is 4.74. The summed E-state index contributed by atoms with van der Waals surface area (Å²) >= 11 is 0. The summed E-state index contributed by atoms with van der Waals surface area (Å²) in [6, 6.07) is 5.33. The Morgan fingerprint density at radius 1 is 1.20 bits per heavy atom. The van der Waals surface area contributed by atoms with Gasteiger partial charge in [0.15, 0.2) is 0 Å². The van der Waals surface area contributed by atoms with Crippen LogP contribution in [-0.2, 0) is 16.4 Å². The fourth-order valence-electron chi connectivity index (χ4n) is 3.16. The van der Waals surface area contributed by atoms with Gasteiger partial charge < -0.3 is 5.32 Å². The normalized spacial score (nSPS) is 23.2. The molecule has 0 unspecified atom stereocenters. The largest absolute Gasteiger partial charge is 0.384 e. The number of rotatable bonds is 3. The molecule has 0 atom stereocenters. The van der Waals surface area contributed by atoms with Crippen molar-refractivity contribution in [3.63, 3.8) is 0 Å². The minimum atomic E-state index is -3.44. The summed E-state index contributed by atoms with van der Waals surface area (Å²) in [5.74, 6) is 0. The van der Waals surface area contributed by atoms with Crippen LogP contribution in [0, 0.1) is 10.8 Å². The Hall–Kier alpha value is -1.07. The van der Waals surface area contributed by atoms with Crippen molar-refractivity contribution >= 4 is 15.7 Å². The lowest BCUT2D eigenvalue weighted by Crippen LogP contribution is -2.30. The van der Waals surface area contributed by atoms with Crippen LogP contribution in [0.15, 0.2) is 23.1 Å². The van der Waals surface area contributed by atoms with Gasteiger partial charge >= 0.3 is 0 Å². The van der Waals surface area contributed by atoms with Crippen molar-refractivity contribution in [2.45, 2.75) is 45.1 Å². The quantitative estimate of drug-likeness (QED) is 0.900. The molecule has 0 spiro atoms. The zero-order valence-corrected chi connectivity index (χ0v) is 13.3. The van der Waals surface area contributed by atoms with E-state index in [1.54, 1.807) is 12.1 Å². The van der Waals surface area contributed by atoms with Gasteiger partial charge in [-0.3, -0.25) is 0 Å². The smallest absolute Gasteiger partial charge is 0.240 e. The van der Waals surface area contributed by atoms with Gasteiger partial charge in [0.2, 0.25) is 10.0 Å². The molecule has 0 amide bonds. The summed E-state index contributed by atoms with van der Waals surface area (Å²) in [4.78, 5) is 0.374. The number of anilines is 1. The number of benzene rings is 1. The Morgan fingerprint density at radius 2 is 1.85 bits per heavy atom. The summed E-state index contributed by atoms with van der Waals surface area (Å²) in [6.07, 6.45) is 0.888. The van der Waals surface area contributed by atoms with Crippen molar-refractivity contribution in [2.75, 3.05) is 11.9 Å². The molecule has 1 saturated carbocycles. The van der Waals surface area contributed by atoms with E-state index in [0.29, 0.717) is 4.90 Å². The number of fused-ring (bicyclic) bond motifs is 1. The van der Waals surface area contributed by atoms with Crippen molar-refractivity contribution in [3.8, 4) is 0 Å². The van der Waals surface area contributed by atoms with Crippen LogP contribution in [0.25, 0.3) is 0 Å². The molecule has 0 aromatic heterocycles. The first kappa shape index (κ1) is 13.9. The Kier molecular flexibility index (Phi) is 2.77. The molecule has 1 aromatic carbocycles. The van der Waals surface area contributed by atoms with Crippen LogP contribution in [-0.4, -0.2) is 21.0 Å². The second-order valence-corrected chi connectivity index (χ2v) is 8.71. The van der Waals surface area contributed by atoms with Crippen LogP contribution >= 0.6 is 0 Å². The monoisotopic (exact) mass is 294 g/mol. The molecule has 2 aliphatic rings. The predicted molar refractivity (Wildman–Crippen MR) is 80.3 cm³/mol. The van der Waals surface area contributed by atoms with Crippen LogP contribution in [0.3, 0.4) is 0 Å². The van der Waals surface area contributed by atoms with Crippen LogP contribution in [0.4, 0.5) is 5.69 Å². The average molecular weight is 294 g/mol. The van der Waals surface area contributed by atoms with Crippen molar-refractivity contribution in [1.29, 1.82) is 0 Å². The SMILES string of the molecule is CC1(C)C(NS(=O)(=O)c2ccc3c(c2)CCN3)C1(C)C. The molecule has 3 rings (SSSR count). The van der Waals surface area contributed by atoms with E-state index in [1.807, 2.05) is 6.07 Å². The second kappa shape index (κ2) is 3.98. The van der Waals surface area contributed by atoms with E-state index in [-0.39, 0.29) is 16.9 Å². The van der Waals surface area contributed by atoms with Gasteiger partial charge in [0.1, 0.15) is 0 Å². The molecule has 1 aliphatic heterocycles. The minimum absolute atomic E-state index is 0.00163. The van der Waals surface area contributed by atoms with Gasteiger partial charge in [-0.05, 0) is 41.0 Å². The first-order valence-electron chi connectivity index (χ1n) is 7.05. The number of hydrogen-bond donors (Lipinski definition) is 2. The van der Waals surface area contributed by atoms with Crippen molar-refractivity contribution in [3.05, 3.63) is 23.8 Å². The summed E-state index contributed by atoms with van der Waals surface area (Å²) < 4.78 is 27.9. The van der Waals surface area contributed by atoms with Gasteiger partial charge in [-0.1, -0.05) is 27.7 Å². The second-order valence-electron chi connectivity index (χ2n) is 6.99. The average Bonchev–Trinajstić information content (AvgIpc) is 2.76. The maximum Gasteiger partial charge on any atom is 0.240 e. The molecule has 5 heteroatoms. The van der Waals surface area contributed by atoms with E-state index >= 15 is 0 Å². The highest BCUT2D eigenvalue weighted by molar-refractivity contribution is 7.89. The molecule has 4 nitrogen and oxygen atoms in total. The third-order valence-corrected chi connectivity index (χ3v) is 6.81. The summed E-state index contributed by atoms with van der Waals surface area (Å²) in [6.45, 7) is 9.30. The molecule has 2 N–H and O–H groups in total. The van der Waals surface area contributed by atoms with E-state index in [4.69, 9.17) is 0 Å². The Bertz CT molecular complexity index is 648.